The van der Waals surface area contributed by atoms with E-state index in [-0.39, 0.29) is 0 Å². The highest BCUT2D eigenvalue weighted by atomic mass is 16.4. The highest BCUT2D eigenvalue weighted by molar-refractivity contribution is 5.98. The summed E-state index contributed by atoms with van der Waals surface area (Å²) in [6.07, 6.45) is -5.88. The van der Waals surface area contributed by atoms with Crippen molar-refractivity contribution in [2.24, 2.45) is 5.73 Å². The van der Waals surface area contributed by atoms with Crippen molar-refractivity contribution in [3.05, 3.63) is 0 Å². The van der Waals surface area contributed by atoms with E-state index in [1.807, 2.05) is 31.9 Å². The molecular formula is C28H40N8O19. The minimum Gasteiger partial charge on any atom is -0.481 e. The second-order valence-electron chi connectivity index (χ2n) is 11.2. The van der Waals surface area contributed by atoms with Crippen molar-refractivity contribution in [3.63, 3.8) is 0 Å². The molecule has 306 valence electrons. The molecule has 0 bridgehead atoms. The first-order valence-corrected chi connectivity index (χ1v) is 15.6. The third-order valence-corrected chi connectivity index (χ3v) is 6.62. The van der Waals surface area contributed by atoms with Gasteiger partial charge in [0.2, 0.25) is 41.4 Å². The standard InChI is InChI=1S/C28H40N8O19/c29-11(5-20(43)44)24(51)34-12(1-3-18(39)40)27(54)35-13(2-4-19(41)42)28(55)36-15(7-22(47)48)26(53)31-8-16(37)30-9-17(38)33-14(6-21(45)46)25(52)32-10-23(49)50/h11-15H,1-10,29H2,(H,30,37)(H,31,53)(H,32,52)(H,33,38)(H,34,51)(H,35,54)(H,36,55)(H,39,40)(H,41,42)(H,43,44)(H,45,46)(H,47,48)(H,49,50). The summed E-state index contributed by atoms with van der Waals surface area (Å²) < 4.78 is 0. The zero-order valence-corrected chi connectivity index (χ0v) is 28.5. The zero-order chi connectivity index (χ0) is 42.4. The lowest BCUT2D eigenvalue weighted by molar-refractivity contribution is -0.142. The van der Waals surface area contributed by atoms with Gasteiger partial charge in [0.05, 0.1) is 38.4 Å². The Morgan fingerprint density at radius 2 is 0.764 bits per heavy atom. The molecule has 0 radical (unpaired) electrons. The molecule has 0 aliphatic heterocycles. The molecule has 0 aliphatic rings. The van der Waals surface area contributed by atoms with Crippen LogP contribution in [-0.2, 0) is 62.3 Å². The number of nitrogens with two attached hydrogens (primary N) is 1. The molecular weight excluding hydrogens is 752 g/mol. The van der Waals surface area contributed by atoms with E-state index in [2.05, 4.69) is 5.32 Å². The summed E-state index contributed by atoms with van der Waals surface area (Å²) in [5.41, 5.74) is 5.46. The molecule has 15 N–H and O–H groups in total. The Morgan fingerprint density at radius 3 is 1.18 bits per heavy atom. The lowest BCUT2D eigenvalue weighted by Gasteiger charge is -2.25. The molecule has 0 aliphatic carbocycles. The first-order chi connectivity index (χ1) is 25.5. The fraction of sp³-hybridized carbons (Fsp3) is 0.536. The summed E-state index contributed by atoms with van der Waals surface area (Å²) in [7, 11) is 0. The van der Waals surface area contributed by atoms with Crippen molar-refractivity contribution >= 4 is 77.2 Å². The Balaban J connectivity index is 5.71. The molecule has 0 aromatic rings. The number of aliphatic carboxylic acids is 6. The molecule has 0 spiro atoms. The minimum absolute atomic E-state index is 0.626. The molecule has 5 unspecified atom stereocenters. The van der Waals surface area contributed by atoms with E-state index in [4.69, 9.17) is 31.3 Å². The number of hydrogen-bond acceptors (Lipinski definition) is 14. The molecule has 0 saturated heterocycles. The fourth-order valence-electron chi connectivity index (χ4n) is 4.01. The van der Waals surface area contributed by atoms with Crippen LogP contribution in [0.1, 0.15) is 44.9 Å². The van der Waals surface area contributed by atoms with Crippen LogP contribution in [0.25, 0.3) is 0 Å². The number of hydrogen-bond donors (Lipinski definition) is 14. The highest BCUT2D eigenvalue weighted by Gasteiger charge is 2.32. The molecule has 0 aromatic carbocycles. The van der Waals surface area contributed by atoms with Crippen LogP contribution in [0.2, 0.25) is 0 Å². The van der Waals surface area contributed by atoms with Gasteiger partial charge >= 0.3 is 35.8 Å². The first kappa shape index (κ1) is 48.1. The Labute approximate surface area is 308 Å². The predicted molar refractivity (Wildman–Crippen MR) is 173 cm³/mol. The number of carboxylic acids is 6. The smallest absolute Gasteiger partial charge is 0.322 e. The summed E-state index contributed by atoms with van der Waals surface area (Å²) in [5, 5.41) is 67.7. The van der Waals surface area contributed by atoms with Gasteiger partial charge in [0, 0.05) is 12.8 Å². The van der Waals surface area contributed by atoms with E-state index in [1.165, 1.54) is 0 Å². The quantitative estimate of drug-likeness (QED) is 0.0367. The SMILES string of the molecule is NC(CC(=O)O)C(=O)NC(CCC(=O)O)C(=O)NC(CCC(=O)O)C(=O)NC(CC(=O)O)C(=O)NCC(=O)NCC(=O)NC(CC(=O)O)C(=O)NCC(=O)O. The third-order valence-electron chi connectivity index (χ3n) is 6.62. The Kier molecular flexibility index (Phi) is 21.3. The van der Waals surface area contributed by atoms with Gasteiger partial charge in [0.25, 0.3) is 0 Å². The van der Waals surface area contributed by atoms with Crippen LogP contribution in [0, 0.1) is 0 Å². The Bertz CT molecular complexity index is 1520. The molecule has 0 aromatic heterocycles. The monoisotopic (exact) mass is 792 g/mol. The van der Waals surface area contributed by atoms with E-state index in [0.717, 1.165) is 0 Å². The molecule has 0 heterocycles. The topological polar surface area (TPSA) is 454 Å². The van der Waals surface area contributed by atoms with E-state index >= 15 is 0 Å². The van der Waals surface area contributed by atoms with Crippen molar-refractivity contribution in [1.29, 1.82) is 0 Å². The normalized spacial score (nSPS) is 13.1. The Hall–Kier alpha value is -6.93. The van der Waals surface area contributed by atoms with E-state index < -0.39 is 172 Å². The Morgan fingerprint density at radius 1 is 0.382 bits per heavy atom. The fourth-order valence-corrected chi connectivity index (χ4v) is 4.01. The molecule has 0 rings (SSSR count). The van der Waals surface area contributed by atoms with Crippen molar-refractivity contribution in [1.82, 2.24) is 37.2 Å². The summed E-state index contributed by atoms with van der Waals surface area (Å²) in [6.45, 7) is -2.77. The number of carbonyl (C=O) groups is 13. The maximum atomic E-state index is 13.1. The van der Waals surface area contributed by atoms with Crippen molar-refractivity contribution < 1.29 is 93.0 Å². The van der Waals surface area contributed by atoms with Crippen LogP contribution in [-0.4, -0.2) is 158 Å². The van der Waals surface area contributed by atoms with Gasteiger partial charge in [-0.25, -0.2) is 0 Å². The summed E-state index contributed by atoms with van der Waals surface area (Å²) in [6, 6.07) is -9.08. The van der Waals surface area contributed by atoms with Crippen LogP contribution in [0.3, 0.4) is 0 Å². The van der Waals surface area contributed by atoms with Crippen LogP contribution in [0.15, 0.2) is 0 Å². The number of amides is 7. The van der Waals surface area contributed by atoms with E-state index in [9.17, 15) is 67.4 Å². The predicted octanol–water partition coefficient (Wildman–Crippen LogP) is -7.16. The van der Waals surface area contributed by atoms with Crippen LogP contribution < -0.4 is 43.0 Å². The van der Waals surface area contributed by atoms with E-state index in [1.54, 1.807) is 0 Å². The lowest BCUT2D eigenvalue weighted by Crippen LogP contribution is -2.58. The van der Waals surface area contributed by atoms with Crippen molar-refractivity contribution in [2.45, 2.75) is 75.2 Å². The van der Waals surface area contributed by atoms with Gasteiger partial charge in [0.1, 0.15) is 30.7 Å². The molecule has 27 heteroatoms. The second-order valence-corrected chi connectivity index (χ2v) is 11.2. The third kappa shape index (κ3) is 21.9. The van der Waals surface area contributed by atoms with E-state index in [0.29, 0.717) is 0 Å². The summed E-state index contributed by atoms with van der Waals surface area (Å²) in [5.74, 6) is -17.7. The maximum absolute atomic E-state index is 13.1. The van der Waals surface area contributed by atoms with Crippen LogP contribution >= 0.6 is 0 Å². The molecule has 0 saturated carbocycles. The van der Waals surface area contributed by atoms with Gasteiger partial charge in [-0.15, -0.1) is 0 Å². The molecule has 27 nitrogen and oxygen atoms in total. The summed E-state index contributed by atoms with van der Waals surface area (Å²) >= 11 is 0. The number of nitrogens with one attached hydrogen (secondary N) is 7. The number of rotatable bonds is 27. The largest absolute Gasteiger partial charge is 0.481 e. The van der Waals surface area contributed by atoms with Crippen molar-refractivity contribution in [2.75, 3.05) is 19.6 Å². The average Bonchev–Trinajstić information content (AvgIpc) is 3.06. The zero-order valence-electron chi connectivity index (χ0n) is 28.5. The van der Waals surface area contributed by atoms with Gasteiger partial charge in [-0.1, -0.05) is 0 Å². The van der Waals surface area contributed by atoms with Crippen LogP contribution in [0.4, 0.5) is 0 Å². The van der Waals surface area contributed by atoms with Crippen molar-refractivity contribution in [3.8, 4) is 0 Å². The van der Waals surface area contributed by atoms with Gasteiger partial charge < -0.3 is 73.6 Å². The van der Waals surface area contributed by atoms with Gasteiger partial charge in [-0.2, -0.15) is 0 Å². The minimum atomic E-state index is -2.00. The van der Waals surface area contributed by atoms with Gasteiger partial charge in [0.15, 0.2) is 0 Å². The highest BCUT2D eigenvalue weighted by Crippen LogP contribution is 2.06. The summed E-state index contributed by atoms with van der Waals surface area (Å²) in [4.78, 5) is 154. The number of carbonyl (C=O) groups excluding carboxylic acids is 7. The maximum Gasteiger partial charge on any atom is 0.322 e. The number of carboxylic acid groups (broad SMARTS) is 6. The molecule has 7 amide bonds. The van der Waals surface area contributed by atoms with Gasteiger partial charge in [-0.05, 0) is 12.8 Å². The molecule has 55 heavy (non-hydrogen) atoms. The van der Waals surface area contributed by atoms with Crippen LogP contribution in [0.5, 0.6) is 0 Å². The van der Waals surface area contributed by atoms with Gasteiger partial charge in [-0.3, -0.25) is 62.3 Å². The molecule has 0 fully saturated rings. The molecule has 5 atom stereocenters. The first-order valence-electron chi connectivity index (χ1n) is 15.6. The lowest BCUT2D eigenvalue weighted by atomic mass is 10.1. The second kappa shape index (κ2) is 24.3. The average molecular weight is 793 g/mol.